The Morgan fingerprint density at radius 3 is 2.70 bits per heavy atom. The van der Waals surface area contributed by atoms with E-state index in [1.54, 1.807) is 0 Å². The van der Waals surface area contributed by atoms with E-state index in [2.05, 4.69) is 42.8 Å². The molecule has 0 bridgehead atoms. The molecule has 0 spiro atoms. The quantitative estimate of drug-likeness (QED) is 0.922. The molecule has 1 saturated heterocycles. The summed E-state index contributed by atoms with van der Waals surface area (Å²) in [6.45, 7) is 7.95. The van der Waals surface area contributed by atoms with Crippen molar-refractivity contribution in [1.29, 1.82) is 0 Å². The molecule has 4 heteroatoms. The molecule has 2 rings (SSSR count). The first-order valence-corrected chi connectivity index (χ1v) is 7.30. The number of piperidine rings is 1. The number of carbonyl (C=O) groups is 1. The molecule has 1 aromatic rings. The highest BCUT2D eigenvalue weighted by Gasteiger charge is 2.28. The third kappa shape index (κ3) is 3.57. The second-order valence-electron chi connectivity index (χ2n) is 6.62. The summed E-state index contributed by atoms with van der Waals surface area (Å²) in [5, 5.41) is 9.28. The van der Waals surface area contributed by atoms with Crippen LogP contribution in [-0.4, -0.2) is 33.5 Å². The molecule has 1 aliphatic rings. The van der Waals surface area contributed by atoms with Crippen molar-refractivity contribution in [2.75, 3.05) is 6.54 Å². The first-order valence-electron chi connectivity index (χ1n) is 7.30. The number of hydrogen-bond acceptors (Lipinski definition) is 3. The number of nitrogens with zero attached hydrogens (tertiary/aromatic N) is 2. The van der Waals surface area contributed by atoms with Gasteiger partial charge in [-0.25, -0.2) is 0 Å². The zero-order chi connectivity index (χ0) is 14.8. The molecule has 1 fully saturated rings. The van der Waals surface area contributed by atoms with Crippen LogP contribution in [0.25, 0.3) is 0 Å². The Morgan fingerprint density at radius 1 is 1.40 bits per heavy atom. The molecule has 0 aromatic carbocycles. The number of hydrogen-bond donors (Lipinski definition) is 1. The largest absolute Gasteiger partial charge is 0.480 e. The van der Waals surface area contributed by atoms with Gasteiger partial charge in [0, 0.05) is 23.9 Å². The lowest BCUT2D eigenvalue weighted by Crippen LogP contribution is -2.44. The summed E-state index contributed by atoms with van der Waals surface area (Å²) in [4.78, 5) is 17.8. The average molecular weight is 276 g/mol. The van der Waals surface area contributed by atoms with Crippen molar-refractivity contribution < 1.29 is 9.90 Å². The standard InChI is InChI=1S/C16H24N2O2/c1-16(2,3)14-8-7-12(10-17-14)11-18-9-5-4-6-13(18)15(19)20/h7-8,10,13H,4-6,9,11H2,1-3H3,(H,19,20). The van der Waals surface area contributed by atoms with Crippen molar-refractivity contribution in [1.82, 2.24) is 9.88 Å². The lowest BCUT2D eigenvalue weighted by molar-refractivity contribution is -0.144. The van der Waals surface area contributed by atoms with Gasteiger partial charge in [-0.15, -0.1) is 0 Å². The smallest absolute Gasteiger partial charge is 0.320 e. The second kappa shape index (κ2) is 5.92. The number of pyridine rings is 1. The zero-order valence-corrected chi connectivity index (χ0v) is 12.6. The minimum atomic E-state index is -0.705. The Morgan fingerprint density at radius 2 is 2.15 bits per heavy atom. The van der Waals surface area contributed by atoms with Gasteiger partial charge in [0.2, 0.25) is 0 Å². The van der Waals surface area contributed by atoms with E-state index < -0.39 is 5.97 Å². The maximum atomic E-state index is 11.3. The van der Waals surface area contributed by atoms with Crippen molar-refractivity contribution in [3.8, 4) is 0 Å². The van der Waals surface area contributed by atoms with E-state index in [1.165, 1.54) is 0 Å². The fraction of sp³-hybridized carbons (Fsp3) is 0.625. The van der Waals surface area contributed by atoms with Crippen molar-refractivity contribution in [3.63, 3.8) is 0 Å². The van der Waals surface area contributed by atoms with Crippen LogP contribution in [0.4, 0.5) is 0 Å². The van der Waals surface area contributed by atoms with Crippen molar-refractivity contribution in [2.24, 2.45) is 0 Å². The summed E-state index contributed by atoms with van der Waals surface area (Å²) in [7, 11) is 0. The molecular formula is C16H24N2O2. The Labute approximate surface area is 120 Å². The molecule has 110 valence electrons. The van der Waals surface area contributed by atoms with Crippen molar-refractivity contribution in [2.45, 2.75) is 58.0 Å². The van der Waals surface area contributed by atoms with E-state index >= 15 is 0 Å². The number of likely N-dealkylation sites (tertiary alicyclic amines) is 1. The molecular weight excluding hydrogens is 252 g/mol. The van der Waals surface area contributed by atoms with Crippen LogP contribution in [0.2, 0.25) is 0 Å². The summed E-state index contributed by atoms with van der Waals surface area (Å²) in [6.07, 6.45) is 4.73. The van der Waals surface area contributed by atoms with Crippen LogP contribution in [0.1, 0.15) is 51.3 Å². The predicted molar refractivity (Wildman–Crippen MR) is 78.6 cm³/mol. The molecule has 4 nitrogen and oxygen atoms in total. The topological polar surface area (TPSA) is 53.4 Å². The lowest BCUT2D eigenvalue weighted by atomic mass is 9.91. The summed E-state index contributed by atoms with van der Waals surface area (Å²) < 4.78 is 0. The minimum Gasteiger partial charge on any atom is -0.480 e. The van der Waals surface area contributed by atoms with Gasteiger partial charge in [-0.3, -0.25) is 14.7 Å². The van der Waals surface area contributed by atoms with Crippen LogP contribution in [0.3, 0.4) is 0 Å². The van der Waals surface area contributed by atoms with Gasteiger partial charge in [0.1, 0.15) is 6.04 Å². The van der Waals surface area contributed by atoms with E-state index in [0.29, 0.717) is 6.54 Å². The maximum Gasteiger partial charge on any atom is 0.320 e. The fourth-order valence-electron chi connectivity index (χ4n) is 2.66. The van der Waals surface area contributed by atoms with E-state index in [-0.39, 0.29) is 11.5 Å². The lowest BCUT2D eigenvalue weighted by Gasteiger charge is -2.32. The van der Waals surface area contributed by atoms with Gasteiger partial charge in [-0.1, -0.05) is 33.3 Å². The van der Waals surface area contributed by atoms with E-state index in [4.69, 9.17) is 0 Å². The Balaban J connectivity index is 2.07. The van der Waals surface area contributed by atoms with Gasteiger partial charge < -0.3 is 5.11 Å². The number of rotatable bonds is 3. The second-order valence-corrected chi connectivity index (χ2v) is 6.62. The molecule has 0 aliphatic carbocycles. The summed E-state index contributed by atoms with van der Waals surface area (Å²) in [5.74, 6) is -0.705. The van der Waals surface area contributed by atoms with Crippen LogP contribution in [-0.2, 0) is 16.8 Å². The molecule has 1 aliphatic heterocycles. The fourth-order valence-corrected chi connectivity index (χ4v) is 2.66. The molecule has 1 unspecified atom stereocenters. The number of aliphatic carboxylic acids is 1. The number of carboxylic acids is 1. The van der Waals surface area contributed by atoms with E-state index in [0.717, 1.165) is 37.1 Å². The molecule has 0 amide bonds. The van der Waals surface area contributed by atoms with Gasteiger partial charge in [0.05, 0.1) is 0 Å². The normalized spacial score (nSPS) is 20.9. The van der Waals surface area contributed by atoms with Crippen molar-refractivity contribution >= 4 is 5.97 Å². The highest BCUT2D eigenvalue weighted by Crippen LogP contribution is 2.22. The van der Waals surface area contributed by atoms with Crippen LogP contribution in [0, 0.1) is 0 Å². The SMILES string of the molecule is CC(C)(C)c1ccc(CN2CCCCC2C(=O)O)cn1. The van der Waals surface area contributed by atoms with Crippen molar-refractivity contribution in [3.05, 3.63) is 29.6 Å². The summed E-state index contributed by atoms with van der Waals surface area (Å²) in [5.41, 5.74) is 2.20. The highest BCUT2D eigenvalue weighted by molar-refractivity contribution is 5.73. The third-order valence-corrected chi connectivity index (χ3v) is 3.88. The number of carboxylic acid groups (broad SMARTS) is 1. The Bertz CT molecular complexity index is 462. The van der Waals surface area contributed by atoms with Crippen LogP contribution < -0.4 is 0 Å². The van der Waals surface area contributed by atoms with Gasteiger partial charge in [-0.2, -0.15) is 0 Å². The predicted octanol–water partition coefficient (Wildman–Crippen LogP) is 2.82. The highest BCUT2D eigenvalue weighted by atomic mass is 16.4. The summed E-state index contributed by atoms with van der Waals surface area (Å²) >= 11 is 0. The van der Waals surface area contributed by atoms with E-state index in [1.807, 2.05) is 6.20 Å². The monoisotopic (exact) mass is 276 g/mol. The molecule has 20 heavy (non-hydrogen) atoms. The van der Waals surface area contributed by atoms with Crippen LogP contribution in [0.15, 0.2) is 18.3 Å². The molecule has 0 radical (unpaired) electrons. The average Bonchev–Trinajstić information content (AvgIpc) is 2.38. The van der Waals surface area contributed by atoms with E-state index in [9.17, 15) is 9.90 Å². The van der Waals surface area contributed by atoms with Crippen LogP contribution >= 0.6 is 0 Å². The Kier molecular flexibility index (Phi) is 4.43. The third-order valence-electron chi connectivity index (χ3n) is 3.88. The van der Waals surface area contributed by atoms with Gasteiger partial charge >= 0.3 is 5.97 Å². The molecule has 1 atom stereocenters. The first-order chi connectivity index (χ1) is 9.38. The molecule has 1 aromatic heterocycles. The van der Waals surface area contributed by atoms with Gasteiger partial charge in [0.15, 0.2) is 0 Å². The molecule has 2 heterocycles. The Hall–Kier alpha value is -1.42. The first kappa shape index (κ1) is 15.0. The molecule has 1 N–H and O–H groups in total. The van der Waals surface area contributed by atoms with Gasteiger partial charge in [0.25, 0.3) is 0 Å². The number of aromatic nitrogens is 1. The zero-order valence-electron chi connectivity index (χ0n) is 12.6. The minimum absolute atomic E-state index is 0.0489. The summed E-state index contributed by atoms with van der Waals surface area (Å²) in [6, 6.07) is 3.78. The van der Waals surface area contributed by atoms with Gasteiger partial charge in [-0.05, 0) is 31.0 Å². The van der Waals surface area contributed by atoms with Crippen LogP contribution in [0.5, 0.6) is 0 Å². The molecule has 0 saturated carbocycles. The maximum absolute atomic E-state index is 11.3.